The van der Waals surface area contributed by atoms with Crippen LogP contribution in [0.3, 0.4) is 0 Å². The summed E-state index contributed by atoms with van der Waals surface area (Å²) in [5.74, 6) is 1.37. The fourth-order valence-corrected chi connectivity index (χ4v) is 4.32. The Kier molecular flexibility index (Phi) is 5.65. The molecule has 5 heteroatoms. The normalized spacial score (nSPS) is 14.1. The van der Waals surface area contributed by atoms with Gasteiger partial charge in [0.05, 0.1) is 31.8 Å². The maximum atomic E-state index is 13.7. The minimum Gasteiger partial charge on any atom is -0.496 e. The van der Waals surface area contributed by atoms with Gasteiger partial charge in [-0.3, -0.25) is 9.78 Å². The predicted octanol–water partition coefficient (Wildman–Crippen LogP) is 4.77. The molecule has 1 aromatic heterocycles. The molecule has 29 heavy (non-hydrogen) atoms. The van der Waals surface area contributed by atoms with Crippen LogP contribution in [0.5, 0.6) is 11.5 Å². The number of aromatic nitrogens is 1. The van der Waals surface area contributed by atoms with Crippen molar-refractivity contribution < 1.29 is 14.3 Å². The predicted molar refractivity (Wildman–Crippen MR) is 115 cm³/mol. The van der Waals surface area contributed by atoms with E-state index in [1.54, 1.807) is 20.4 Å². The molecule has 0 unspecified atom stereocenters. The number of nitrogens with zero attached hydrogens (tertiary/aromatic N) is 2. The molecule has 0 aliphatic heterocycles. The van der Waals surface area contributed by atoms with Gasteiger partial charge in [-0.05, 0) is 37.1 Å². The molecule has 0 bridgehead atoms. The van der Waals surface area contributed by atoms with Gasteiger partial charge in [-0.1, -0.05) is 37.1 Å². The van der Waals surface area contributed by atoms with E-state index >= 15 is 0 Å². The topological polar surface area (TPSA) is 51.7 Å². The SMILES string of the molecule is COc1cccc(OC)c1CC(=O)N(c1cccc2cccnc12)C1CCCC1. The van der Waals surface area contributed by atoms with E-state index in [-0.39, 0.29) is 18.4 Å². The summed E-state index contributed by atoms with van der Waals surface area (Å²) in [7, 11) is 3.23. The van der Waals surface area contributed by atoms with Crippen LogP contribution in [-0.2, 0) is 11.2 Å². The number of amides is 1. The van der Waals surface area contributed by atoms with Gasteiger partial charge >= 0.3 is 0 Å². The van der Waals surface area contributed by atoms with E-state index < -0.39 is 0 Å². The molecule has 1 aliphatic rings. The van der Waals surface area contributed by atoms with E-state index in [1.807, 2.05) is 53.4 Å². The first-order valence-corrected chi connectivity index (χ1v) is 10.1. The number of para-hydroxylation sites is 1. The van der Waals surface area contributed by atoms with Crippen LogP contribution in [0.25, 0.3) is 10.9 Å². The zero-order valence-electron chi connectivity index (χ0n) is 16.9. The lowest BCUT2D eigenvalue weighted by Crippen LogP contribution is -2.40. The second-order valence-corrected chi connectivity index (χ2v) is 7.37. The highest BCUT2D eigenvalue weighted by Gasteiger charge is 2.30. The largest absolute Gasteiger partial charge is 0.496 e. The van der Waals surface area contributed by atoms with Crippen LogP contribution in [0.4, 0.5) is 5.69 Å². The quantitative estimate of drug-likeness (QED) is 0.608. The van der Waals surface area contributed by atoms with E-state index in [2.05, 4.69) is 4.98 Å². The summed E-state index contributed by atoms with van der Waals surface area (Å²) in [5.41, 5.74) is 2.52. The summed E-state index contributed by atoms with van der Waals surface area (Å²) in [6.07, 6.45) is 6.31. The Morgan fingerprint density at radius 3 is 2.34 bits per heavy atom. The summed E-state index contributed by atoms with van der Waals surface area (Å²) in [4.78, 5) is 20.2. The van der Waals surface area contributed by atoms with Gasteiger partial charge in [-0.25, -0.2) is 0 Å². The molecule has 4 rings (SSSR count). The van der Waals surface area contributed by atoms with Crippen LogP contribution in [0.1, 0.15) is 31.2 Å². The molecule has 150 valence electrons. The molecule has 1 heterocycles. The Balaban J connectivity index is 1.76. The van der Waals surface area contributed by atoms with Crippen LogP contribution in [-0.4, -0.2) is 31.2 Å². The van der Waals surface area contributed by atoms with Gasteiger partial charge in [0.25, 0.3) is 0 Å². The van der Waals surface area contributed by atoms with Gasteiger partial charge in [0, 0.05) is 23.2 Å². The molecule has 0 atom stereocenters. The summed E-state index contributed by atoms with van der Waals surface area (Å²) < 4.78 is 11.0. The lowest BCUT2D eigenvalue weighted by molar-refractivity contribution is -0.118. The molecule has 0 N–H and O–H groups in total. The van der Waals surface area contributed by atoms with Crippen molar-refractivity contribution in [2.45, 2.75) is 38.1 Å². The maximum absolute atomic E-state index is 13.7. The maximum Gasteiger partial charge on any atom is 0.232 e. The van der Waals surface area contributed by atoms with E-state index in [0.717, 1.165) is 47.8 Å². The fraction of sp³-hybridized carbons (Fsp3) is 0.333. The third kappa shape index (κ3) is 3.77. The van der Waals surface area contributed by atoms with E-state index in [1.165, 1.54) is 0 Å². The summed E-state index contributed by atoms with van der Waals surface area (Å²) in [6.45, 7) is 0. The number of methoxy groups -OCH3 is 2. The number of carbonyl (C=O) groups is 1. The van der Waals surface area contributed by atoms with Gasteiger partial charge in [0.1, 0.15) is 11.5 Å². The molecule has 1 amide bonds. The molecule has 0 spiro atoms. The van der Waals surface area contributed by atoms with E-state index in [0.29, 0.717) is 11.5 Å². The minimum absolute atomic E-state index is 0.0397. The number of anilines is 1. The Morgan fingerprint density at radius 1 is 1.00 bits per heavy atom. The van der Waals surface area contributed by atoms with Crippen molar-refractivity contribution in [1.82, 2.24) is 4.98 Å². The van der Waals surface area contributed by atoms with Gasteiger partial charge in [0.15, 0.2) is 0 Å². The first-order valence-electron chi connectivity index (χ1n) is 10.1. The third-order valence-electron chi connectivity index (χ3n) is 5.69. The molecule has 5 nitrogen and oxygen atoms in total. The monoisotopic (exact) mass is 390 g/mol. The Hall–Kier alpha value is -3.08. The molecular weight excluding hydrogens is 364 g/mol. The zero-order chi connectivity index (χ0) is 20.2. The van der Waals surface area contributed by atoms with Crippen LogP contribution in [0.2, 0.25) is 0 Å². The fourth-order valence-electron chi connectivity index (χ4n) is 4.32. The molecule has 0 radical (unpaired) electrons. The number of pyridine rings is 1. The van der Waals surface area contributed by atoms with Crippen LogP contribution in [0, 0.1) is 0 Å². The number of rotatable bonds is 6. The van der Waals surface area contributed by atoms with Crippen molar-refractivity contribution in [2.75, 3.05) is 19.1 Å². The number of ether oxygens (including phenoxy) is 2. The molecule has 1 aliphatic carbocycles. The number of hydrogen-bond acceptors (Lipinski definition) is 4. The highest BCUT2D eigenvalue weighted by molar-refractivity contribution is 6.03. The number of hydrogen-bond donors (Lipinski definition) is 0. The smallest absolute Gasteiger partial charge is 0.232 e. The number of carbonyl (C=O) groups excluding carboxylic acids is 1. The molecule has 1 fully saturated rings. The highest BCUT2D eigenvalue weighted by Crippen LogP contribution is 2.35. The minimum atomic E-state index is 0.0397. The lowest BCUT2D eigenvalue weighted by Gasteiger charge is -2.30. The highest BCUT2D eigenvalue weighted by atomic mass is 16.5. The standard InChI is InChI=1S/C24H26N2O3/c1-28-21-13-6-14-22(29-2)19(21)16-23(27)26(18-10-3-4-11-18)20-12-5-8-17-9-7-15-25-24(17)20/h5-9,12-15,18H,3-4,10-11,16H2,1-2H3. The average molecular weight is 390 g/mol. The molecule has 3 aromatic rings. The van der Waals surface area contributed by atoms with Crippen LogP contribution < -0.4 is 14.4 Å². The van der Waals surface area contributed by atoms with Crippen molar-refractivity contribution in [2.24, 2.45) is 0 Å². The first kappa shape index (κ1) is 19.2. The second kappa shape index (κ2) is 8.52. The molecule has 0 saturated heterocycles. The number of fused-ring (bicyclic) bond motifs is 1. The summed E-state index contributed by atoms with van der Waals surface area (Å²) in [5, 5.41) is 1.04. The van der Waals surface area contributed by atoms with Crippen LogP contribution in [0.15, 0.2) is 54.7 Å². The van der Waals surface area contributed by atoms with Crippen molar-refractivity contribution in [3.05, 3.63) is 60.3 Å². The average Bonchev–Trinajstić information content (AvgIpc) is 3.28. The number of benzene rings is 2. The Bertz CT molecular complexity index is 984. The lowest BCUT2D eigenvalue weighted by atomic mass is 10.0. The van der Waals surface area contributed by atoms with Crippen LogP contribution >= 0.6 is 0 Å². The summed E-state index contributed by atoms with van der Waals surface area (Å²) >= 11 is 0. The van der Waals surface area contributed by atoms with Gasteiger partial charge in [0.2, 0.25) is 5.91 Å². The summed E-state index contributed by atoms with van der Waals surface area (Å²) in [6, 6.07) is 15.8. The van der Waals surface area contributed by atoms with Crippen molar-refractivity contribution >= 4 is 22.5 Å². The van der Waals surface area contributed by atoms with Gasteiger partial charge < -0.3 is 14.4 Å². The zero-order valence-corrected chi connectivity index (χ0v) is 16.9. The van der Waals surface area contributed by atoms with Gasteiger partial charge in [-0.15, -0.1) is 0 Å². The van der Waals surface area contributed by atoms with Crippen molar-refractivity contribution in [1.29, 1.82) is 0 Å². The van der Waals surface area contributed by atoms with E-state index in [9.17, 15) is 4.79 Å². The van der Waals surface area contributed by atoms with Crippen molar-refractivity contribution in [3.63, 3.8) is 0 Å². The van der Waals surface area contributed by atoms with E-state index in [4.69, 9.17) is 9.47 Å². The second-order valence-electron chi connectivity index (χ2n) is 7.37. The Morgan fingerprint density at radius 2 is 1.66 bits per heavy atom. The molecule has 2 aromatic carbocycles. The van der Waals surface area contributed by atoms with Crippen molar-refractivity contribution in [3.8, 4) is 11.5 Å². The first-order chi connectivity index (χ1) is 14.2. The molecule has 1 saturated carbocycles. The Labute approximate surface area is 171 Å². The van der Waals surface area contributed by atoms with Gasteiger partial charge in [-0.2, -0.15) is 0 Å². The molecular formula is C24H26N2O3. The third-order valence-corrected chi connectivity index (χ3v) is 5.69.